The number of nitrogens with zero attached hydrogens (tertiary/aromatic N) is 2. The molecule has 1 saturated heterocycles. The number of hydrogen-bond acceptors (Lipinski definition) is 4. The lowest BCUT2D eigenvalue weighted by Gasteiger charge is -2.22. The highest BCUT2D eigenvalue weighted by molar-refractivity contribution is 7.89. The maximum atomic E-state index is 12.6. The third kappa shape index (κ3) is 4.33. The number of sulfonamides is 1. The second-order valence-electron chi connectivity index (χ2n) is 6.67. The van der Waals surface area contributed by atoms with Crippen molar-refractivity contribution in [3.8, 4) is 5.75 Å². The normalized spacial score (nSPS) is 18.5. The van der Waals surface area contributed by atoms with Crippen molar-refractivity contribution >= 4 is 15.9 Å². The van der Waals surface area contributed by atoms with Gasteiger partial charge in [-0.2, -0.15) is 0 Å². The molecule has 0 aliphatic carbocycles. The second kappa shape index (κ2) is 7.74. The molecule has 1 aromatic carbocycles. The van der Waals surface area contributed by atoms with Crippen LogP contribution in [0.3, 0.4) is 0 Å². The molecule has 0 unspecified atom stereocenters. The number of benzene rings is 1. The molecule has 0 aromatic heterocycles. The largest absolute Gasteiger partial charge is 0.493 e. The van der Waals surface area contributed by atoms with Crippen LogP contribution >= 0.6 is 0 Å². The van der Waals surface area contributed by atoms with E-state index < -0.39 is 10.0 Å². The van der Waals surface area contributed by atoms with Gasteiger partial charge in [-0.15, -0.1) is 0 Å². The minimum atomic E-state index is -3.19. The summed E-state index contributed by atoms with van der Waals surface area (Å²) in [5, 5.41) is 0. The van der Waals surface area contributed by atoms with Crippen molar-refractivity contribution in [1.29, 1.82) is 0 Å². The predicted molar refractivity (Wildman–Crippen MR) is 96.2 cm³/mol. The Morgan fingerprint density at radius 3 is 2.84 bits per heavy atom. The Hall–Kier alpha value is -1.60. The summed E-state index contributed by atoms with van der Waals surface area (Å²) in [4.78, 5) is 14.4. The Labute approximate surface area is 149 Å². The van der Waals surface area contributed by atoms with Crippen LogP contribution in [0.4, 0.5) is 0 Å². The smallest absolute Gasteiger partial charge is 0.227 e. The molecule has 3 rings (SSSR count). The van der Waals surface area contributed by atoms with Gasteiger partial charge >= 0.3 is 0 Å². The predicted octanol–water partition coefficient (Wildman–Crippen LogP) is 1.44. The van der Waals surface area contributed by atoms with Crippen LogP contribution in [0.5, 0.6) is 5.75 Å². The highest BCUT2D eigenvalue weighted by Gasteiger charge is 2.26. The van der Waals surface area contributed by atoms with E-state index in [0.717, 1.165) is 23.3 Å². The van der Waals surface area contributed by atoms with E-state index in [4.69, 9.17) is 4.74 Å². The van der Waals surface area contributed by atoms with E-state index in [1.54, 1.807) is 4.90 Å². The van der Waals surface area contributed by atoms with E-state index in [2.05, 4.69) is 6.07 Å². The van der Waals surface area contributed by atoms with E-state index in [-0.39, 0.29) is 11.7 Å². The van der Waals surface area contributed by atoms with Crippen LogP contribution in [0.1, 0.15) is 30.9 Å². The molecule has 1 aromatic rings. The van der Waals surface area contributed by atoms with Crippen LogP contribution < -0.4 is 4.74 Å². The zero-order valence-corrected chi connectivity index (χ0v) is 15.6. The van der Waals surface area contributed by atoms with Crippen molar-refractivity contribution in [2.45, 2.75) is 32.6 Å². The van der Waals surface area contributed by atoms with Crippen LogP contribution in [0.2, 0.25) is 0 Å². The first-order chi connectivity index (χ1) is 12.0. The topological polar surface area (TPSA) is 66.9 Å². The molecule has 1 amide bonds. The van der Waals surface area contributed by atoms with Gasteiger partial charge in [0.2, 0.25) is 15.9 Å². The molecule has 6 nitrogen and oxygen atoms in total. The third-order valence-electron chi connectivity index (χ3n) is 4.77. The molecule has 0 spiro atoms. The Morgan fingerprint density at radius 2 is 2.04 bits per heavy atom. The van der Waals surface area contributed by atoms with E-state index in [1.165, 1.54) is 4.31 Å². The number of ether oxygens (including phenoxy) is 1. The Bertz CT molecular complexity index is 733. The van der Waals surface area contributed by atoms with Gasteiger partial charge in [0, 0.05) is 32.6 Å². The minimum Gasteiger partial charge on any atom is -0.493 e. The quantitative estimate of drug-likeness (QED) is 0.791. The van der Waals surface area contributed by atoms with Crippen LogP contribution in [0, 0.1) is 0 Å². The van der Waals surface area contributed by atoms with Gasteiger partial charge < -0.3 is 9.64 Å². The molecule has 0 saturated carbocycles. The molecule has 2 aliphatic rings. The zero-order valence-electron chi connectivity index (χ0n) is 14.7. The summed E-state index contributed by atoms with van der Waals surface area (Å²) in [6, 6.07) is 5.93. The number of fused-ring (bicyclic) bond motifs is 1. The van der Waals surface area contributed by atoms with Crippen molar-refractivity contribution in [3.63, 3.8) is 0 Å². The third-order valence-corrected chi connectivity index (χ3v) is 6.85. The lowest BCUT2D eigenvalue weighted by Crippen LogP contribution is -2.38. The Balaban J connectivity index is 1.60. The molecule has 0 N–H and O–H groups in total. The fraction of sp³-hybridized carbons (Fsp3) is 0.611. The summed E-state index contributed by atoms with van der Waals surface area (Å²) >= 11 is 0. The standard InChI is InChI=1S/C18H26N2O4S/c1-2-12-25(22,23)20-8-3-7-19(9-10-20)18(21)14-15-4-5-17-16(13-15)6-11-24-17/h4-5,13H,2-3,6-12,14H2,1H3. The molecule has 138 valence electrons. The van der Waals surface area contributed by atoms with Gasteiger partial charge in [-0.3, -0.25) is 4.79 Å². The van der Waals surface area contributed by atoms with Crippen molar-refractivity contribution in [3.05, 3.63) is 29.3 Å². The minimum absolute atomic E-state index is 0.0635. The lowest BCUT2D eigenvalue weighted by atomic mass is 10.1. The molecular formula is C18H26N2O4S. The van der Waals surface area contributed by atoms with Gasteiger partial charge in [-0.1, -0.05) is 19.1 Å². The fourth-order valence-electron chi connectivity index (χ4n) is 3.44. The molecule has 1 fully saturated rings. The summed E-state index contributed by atoms with van der Waals surface area (Å²) in [7, 11) is -3.19. The summed E-state index contributed by atoms with van der Waals surface area (Å²) in [5.74, 6) is 1.16. The molecule has 7 heteroatoms. The first-order valence-corrected chi connectivity index (χ1v) is 10.6. The first kappa shape index (κ1) is 18.2. The van der Waals surface area contributed by atoms with Gasteiger partial charge in [0.15, 0.2) is 0 Å². The van der Waals surface area contributed by atoms with Gasteiger partial charge in [-0.25, -0.2) is 12.7 Å². The number of carbonyl (C=O) groups excluding carboxylic acids is 1. The maximum absolute atomic E-state index is 12.6. The number of hydrogen-bond donors (Lipinski definition) is 0. The summed E-state index contributed by atoms with van der Waals surface area (Å²) in [5.41, 5.74) is 2.16. The zero-order chi connectivity index (χ0) is 17.9. The summed E-state index contributed by atoms with van der Waals surface area (Å²) in [6.45, 7) is 4.56. The van der Waals surface area contributed by atoms with Gasteiger partial charge in [0.25, 0.3) is 0 Å². The Morgan fingerprint density at radius 1 is 1.20 bits per heavy atom. The van der Waals surface area contributed by atoms with Crippen molar-refractivity contribution in [2.75, 3.05) is 38.5 Å². The van der Waals surface area contributed by atoms with E-state index in [1.807, 2.05) is 19.1 Å². The highest BCUT2D eigenvalue weighted by Crippen LogP contribution is 2.26. The average Bonchev–Trinajstić information content (AvgIpc) is 2.88. The molecule has 2 aliphatic heterocycles. The highest BCUT2D eigenvalue weighted by atomic mass is 32.2. The van der Waals surface area contributed by atoms with Gasteiger partial charge in [0.05, 0.1) is 18.8 Å². The molecule has 25 heavy (non-hydrogen) atoms. The van der Waals surface area contributed by atoms with Crippen LogP contribution in [0.15, 0.2) is 18.2 Å². The molecule has 0 bridgehead atoms. The van der Waals surface area contributed by atoms with E-state index in [0.29, 0.717) is 52.0 Å². The van der Waals surface area contributed by atoms with Crippen LogP contribution in [-0.2, 0) is 27.7 Å². The molecular weight excluding hydrogens is 340 g/mol. The number of amides is 1. The van der Waals surface area contributed by atoms with Crippen LogP contribution in [0.25, 0.3) is 0 Å². The van der Waals surface area contributed by atoms with E-state index in [9.17, 15) is 13.2 Å². The maximum Gasteiger partial charge on any atom is 0.227 e. The monoisotopic (exact) mass is 366 g/mol. The number of carbonyl (C=O) groups is 1. The number of rotatable bonds is 5. The summed E-state index contributed by atoms with van der Waals surface area (Å²) in [6.07, 6.45) is 2.55. The molecule has 2 heterocycles. The summed E-state index contributed by atoms with van der Waals surface area (Å²) < 4.78 is 31.5. The average molecular weight is 366 g/mol. The van der Waals surface area contributed by atoms with Gasteiger partial charge in [0.1, 0.15) is 5.75 Å². The SMILES string of the molecule is CCCS(=O)(=O)N1CCCN(C(=O)Cc2ccc3c(c2)CCO3)CC1. The first-order valence-electron chi connectivity index (χ1n) is 9.00. The van der Waals surface area contributed by atoms with Crippen molar-refractivity contribution in [1.82, 2.24) is 9.21 Å². The van der Waals surface area contributed by atoms with Gasteiger partial charge in [-0.05, 0) is 30.0 Å². The lowest BCUT2D eigenvalue weighted by molar-refractivity contribution is -0.130. The molecule has 0 atom stereocenters. The van der Waals surface area contributed by atoms with E-state index >= 15 is 0 Å². The fourth-order valence-corrected chi connectivity index (χ4v) is 4.99. The van der Waals surface area contributed by atoms with Crippen molar-refractivity contribution < 1.29 is 17.9 Å². The van der Waals surface area contributed by atoms with Crippen molar-refractivity contribution in [2.24, 2.45) is 0 Å². The Kier molecular flexibility index (Phi) is 5.64. The molecule has 0 radical (unpaired) electrons. The van der Waals surface area contributed by atoms with Crippen LogP contribution in [-0.4, -0.2) is 62.1 Å². The second-order valence-corrected chi connectivity index (χ2v) is 8.76.